The highest BCUT2D eigenvalue weighted by Crippen LogP contribution is 2.33. The van der Waals surface area contributed by atoms with Gasteiger partial charge in [0.25, 0.3) is 0 Å². The lowest BCUT2D eigenvalue weighted by atomic mass is 9.82. The number of esters is 1. The second-order valence-electron chi connectivity index (χ2n) is 14.2. The van der Waals surface area contributed by atoms with Crippen molar-refractivity contribution >= 4 is 29.4 Å². The quantitative estimate of drug-likeness (QED) is 0.128. The first-order valence-corrected chi connectivity index (χ1v) is 17.8. The molecule has 1 aromatic heterocycles. The highest BCUT2D eigenvalue weighted by Gasteiger charge is 2.37. The Morgan fingerprint density at radius 3 is 2.36 bits per heavy atom. The number of carbonyl (C=O) groups is 3. The first-order chi connectivity index (χ1) is 26.1. The van der Waals surface area contributed by atoms with Crippen molar-refractivity contribution in [3.8, 4) is 5.75 Å². The van der Waals surface area contributed by atoms with Gasteiger partial charge in [0, 0.05) is 23.6 Å². The number of nitrogens with zero attached hydrogens (tertiary/aromatic N) is 2. The van der Waals surface area contributed by atoms with Crippen molar-refractivity contribution in [1.29, 1.82) is 0 Å². The van der Waals surface area contributed by atoms with E-state index in [0.29, 0.717) is 10.6 Å². The highest BCUT2D eigenvalue weighted by atomic mass is 35.5. The summed E-state index contributed by atoms with van der Waals surface area (Å²) < 4.78 is 113. The molecule has 0 radical (unpaired) electrons. The fourth-order valence-corrected chi connectivity index (χ4v) is 6.16. The molecule has 1 aliphatic heterocycles. The van der Waals surface area contributed by atoms with Crippen molar-refractivity contribution in [3.63, 3.8) is 0 Å². The van der Waals surface area contributed by atoms with Gasteiger partial charge in [-0.05, 0) is 80.1 Å². The van der Waals surface area contributed by atoms with Gasteiger partial charge in [0.05, 0.1) is 50.4 Å². The zero-order chi connectivity index (χ0) is 41.4. The maximum Gasteiger partial charge on any atom is 0.573 e. The molecule has 1 saturated heterocycles. The predicted molar refractivity (Wildman–Crippen MR) is 188 cm³/mol. The molecule has 0 bridgehead atoms. The van der Waals surface area contributed by atoms with Crippen molar-refractivity contribution in [2.24, 2.45) is 5.73 Å². The van der Waals surface area contributed by atoms with E-state index in [-0.39, 0.29) is 42.7 Å². The summed E-state index contributed by atoms with van der Waals surface area (Å²) in [5.41, 5.74) is 6.62. The van der Waals surface area contributed by atoms with Gasteiger partial charge in [0.15, 0.2) is 5.78 Å². The van der Waals surface area contributed by atoms with Crippen molar-refractivity contribution < 1.29 is 64.1 Å². The predicted octanol–water partition coefficient (Wildman–Crippen LogP) is 7.87. The van der Waals surface area contributed by atoms with Gasteiger partial charge in [0.1, 0.15) is 23.8 Å². The summed E-state index contributed by atoms with van der Waals surface area (Å²) in [6, 6.07) is 9.08. The molecule has 10 nitrogen and oxygen atoms in total. The first kappa shape index (κ1) is 44.2. The Morgan fingerprint density at radius 2 is 1.71 bits per heavy atom. The molecule has 1 aliphatic rings. The van der Waals surface area contributed by atoms with Crippen LogP contribution in [0.25, 0.3) is 0 Å². The number of rotatable bonds is 14. The Bertz CT molecular complexity index is 1820. The summed E-state index contributed by atoms with van der Waals surface area (Å²) in [5, 5.41) is 0.368. The molecule has 0 saturated carbocycles. The van der Waals surface area contributed by atoms with Crippen LogP contribution in [0.2, 0.25) is 5.02 Å². The van der Waals surface area contributed by atoms with E-state index in [1.165, 1.54) is 35.4 Å². The third kappa shape index (κ3) is 13.6. The van der Waals surface area contributed by atoms with Gasteiger partial charge >= 0.3 is 24.6 Å². The minimum atomic E-state index is -4.97. The van der Waals surface area contributed by atoms with E-state index in [0.717, 1.165) is 18.3 Å². The standard InChI is InChI=1S/C38H41ClF7N3O7/c1-36(2,3)56-35(52)49-19-28(53-20-26(49)21-54-32(51)13-14-37(41,42)43)11-12-29-24(17-48-18-30(29)40)16-31(50)34(47)33(22-7-9-25(39)10-8-22)23-5-4-6-27(15-23)55-38(44,45)46/h4-10,15,17-18,26,28,33-34H,11-14,16,19-21,47H2,1-3H3/t26-,28+,33-,34+/m0/s1. The van der Waals surface area contributed by atoms with Crippen LogP contribution in [0.4, 0.5) is 35.5 Å². The van der Waals surface area contributed by atoms with E-state index in [4.69, 9.17) is 31.5 Å². The molecule has 2 heterocycles. The third-order valence-corrected chi connectivity index (χ3v) is 8.88. The molecule has 4 atom stereocenters. The molecule has 2 N–H and O–H groups in total. The Balaban J connectivity index is 1.50. The van der Waals surface area contributed by atoms with E-state index < -0.39 is 97.5 Å². The number of pyridine rings is 1. The highest BCUT2D eigenvalue weighted by molar-refractivity contribution is 6.30. The zero-order valence-corrected chi connectivity index (χ0v) is 31.3. The molecule has 0 aliphatic carbocycles. The number of ether oxygens (including phenoxy) is 4. The molecule has 306 valence electrons. The molecule has 0 unspecified atom stereocenters. The number of carbonyl (C=O) groups excluding carboxylic acids is 3. The number of aromatic nitrogens is 1. The topological polar surface area (TPSA) is 130 Å². The average Bonchev–Trinajstić information content (AvgIpc) is 3.09. The summed E-state index contributed by atoms with van der Waals surface area (Å²) in [4.78, 5) is 44.1. The fraction of sp³-hybridized carbons (Fsp3) is 0.474. The molecule has 1 fully saturated rings. The van der Waals surface area contributed by atoms with E-state index in [2.05, 4.69) is 9.72 Å². The number of hydrogen-bond acceptors (Lipinski definition) is 9. The maximum atomic E-state index is 15.4. The smallest absolute Gasteiger partial charge is 0.463 e. The number of nitrogens with two attached hydrogens (primary N) is 1. The summed E-state index contributed by atoms with van der Waals surface area (Å²) in [6.45, 7) is 4.15. The first-order valence-electron chi connectivity index (χ1n) is 17.4. The fourth-order valence-electron chi connectivity index (χ4n) is 6.03. The second-order valence-corrected chi connectivity index (χ2v) is 14.6. The Kier molecular flexibility index (Phi) is 14.7. The molecule has 3 aromatic rings. The number of benzene rings is 2. The largest absolute Gasteiger partial charge is 0.573 e. The van der Waals surface area contributed by atoms with Crippen LogP contribution in [-0.4, -0.2) is 83.8 Å². The molecule has 56 heavy (non-hydrogen) atoms. The second kappa shape index (κ2) is 18.6. The number of amides is 1. The molecule has 18 heteroatoms. The zero-order valence-electron chi connectivity index (χ0n) is 30.6. The third-order valence-electron chi connectivity index (χ3n) is 8.63. The minimum absolute atomic E-state index is 0.00638. The molecule has 1 amide bonds. The number of morpholine rings is 1. The van der Waals surface area contributed by atoms with Gasteiger partial charge in [-0.1, -0.05) is 35.9 Å². The monoisotopic (exact) mass is 819 g/mol. The molecular formula is C38H41ClF7N3O7. The van der Waals surface area contributed by atoms with Gasteiger partial charge in [-0.2, -0.15) is 13.2 Å². The number of alkyl halides is 6. The Labute approximate surface area is 323 Å². The van der Waals surface area contributed by atoms with Crippen LogP contribution in [0.3, 0.4) is 0 Å². The number of hydrogen-bond donors (Lipinski definition) is 1. The van der Waals surface area contributed by atoms with Crippen molar-refractivity contribution in [1.82, 2.24) is 9.88 Å². The Hall–Kier alpha value is -4.48. The Morgan fingerprint density at radius 1 is 1.02 bits per heavy atom. The summed E-state index contributed by atoms with van der Waals surface area (Å²) in [7, 11) is 0. The van der Waals surface area contributed by atoms with Gasteiger partial charge in [-0.25, -0.2) is 9.18 Å². The lowest BCUT2D eigenvalue weighted by Crippen LogP contribution is -2.55. The molecule has 2 aromatic carbocycles. The van der Waals surface area contributed by atoms with Gasteiger partial charge in [-0.15, -0.1) is 13.2 Å². The van der Waals surface area contributed by atoms with Crippen LogP contribution in [0.1, 0.15) is 68.2 Å². The van der Waals surface area contributed by atoms with Crippen LogP contribution in [-0.2, 0) is 36.6 Å². The lowest BCUT2D eigenvalue weighted by Gasteiger charge is -2.40. The minimum Gasteiger partial charge on any atom is -0.463 e. The summed E-state index contributed by atoms with van der Waals surface area (Å²) >= 11 is 6.06. The van der Waals surface area contributed by atoms with Crippen LogP contribution < -0.4 is 10.5 Å². The molecule has 0 spiro atoms. The number of Topliss-reactive ketones (excluding diaryl/α,β-unsaturated/α-hetero) is 1. The van der Waals surface area contributed by atoms with E-state index in [1.807, 2.05) is 0 Å². The molecule has 4 rings (SSSR count). The van der Waals surface area contributed by atoms with E-state index in [9.17, 15) is 40.7 Å². The number of halogens is 8. The van der Waals surface area contributed by atoms with Gasteiger partial charge < -0.3 is 24.7 Å². The lowest BCUT2D eigenvalue weighted by molar-refractivity contribution is -0.274. The van der Waals surface area contributed by atoms with Crippen LogP contribution in [0, 0.1) is 5.82 Å². The van der Waals surface area contributed by atoms with Gasteiger partial charge in [0.2, 0.25) is 0 Å². The SMILES string of the molecule is CC(C)(C)OC(=O)N1C[C@@H](CCc2c(F)cncc2CC(=O)[C@@H](N)[C@@H](c2ccc(Cl)cc2)c2cccc(OC(F)(F)F)c2)OC[C@H]1COC(=O)CCC(F)(F)F. The van der Waals surface area contributed by atoms with Crippen molar-refractivity contribution in [3.05, 3.63) is 94.0 Å². The maximum absolute atomic E-state index is 15.4. The normalized spacial score (nSPS) is 17.5. The van der Waals surface area contributed by atoms with E-state index >= 15 is 4.39 Å². The summed E-state index contributed by atoms with van der Waals surface area (Å²) in [5.74, 6) is -3.91. The van der Waals surface area contributed by atoms with Crippen LogP contribution in [0.5, 0.6) is 5.75 Å². The van der Waals surface area contributed by atoms with Crippen molar-refractivity contribution in [2.75, 3.05) is 19.8 Å². The van der Waals surface area contributed by atoms with E-state index in [1.54, 1.807) is 32.9 Å². The van der Waals surface area contributed by atoms with Gasteiger partial charge in [-0.3, -0.25) is 19.5 Å². The van der Waals surface area contributed by atoms with Crippen LogP contribution in [0.15, 0.2) is 60.9 Å². The average molecular weight is 820 g/mol. The summed E-state index contributed by atoms with van der Waals surface area (Å²) in [6.07, 6.45) is -11.3. The van der Waals surface area contributed by atoms with Crippen LogP contribution >= 0.6 is 11.6 Å². The molecular weight excluding hydrogens is 779 g/mol. The van der Waals surface area contributed by atoms with Crippen molar-refractivity contribution in [2.45, 2.75) is 95.1 Å². The number of ketones is 1.